The highest BCUT2D eigenvalue weighted by Crippen LogP contribution is 2.75. The molecule has 3 unspecified atom stereocenters. The second kappa shape index (κ2) is 35.5. The fraction of sp³-hybridized carbons (Fsp3) is 0.973. The third kappa shape index (κ3) is 17.0. The van der Waals surface area contributed by atoms with Crippen molar-refractivity contribution in [2.24, 2.45) is 51.2 Å². The summed E-state index contributed by atoms with van der Waals surface area (Å²) in [7, 11) is 0. The normalized spacial score (nSPS) is 52.3. The van der Waals surface area contributed by atoms with Crippen LogP contribution in [0.3, 0.4) is 0 Å². The predicted octanol–water partition coefficient (Wildman–Crippen LogP) is -9.10. The first-order valence-corrected chi connectivity index (χ1v) is 38.9. The molecule has 0 aromatic rings. The van der Waals surface area contributed by atoms with Crippen molar-refractivity contribution < 1.29 is 189 Å². The van der Waals surface area contributed by atoms with Gasteiger partial charge in [0.25, 0.3) is 0 Å². The van der Waals surface area contributed by atoms with Gasteiger partial charge in [-0.3, -0.25) is 0 Å². The predicted molar refractivity (Wildman–Crippen MR) is 369 cm³/mol. The second-order valence-electron chi connectivity index (χ2n) is 34.9. The summed E-state index contributed by atoms with van der Waals surface area (Å²) in [5.74, 6) is -1.50. The molecule has 25 N–H and O–H groups in total. The molecule has 6 aliphatic heterocycles. The van der Waals surface area contributed by atoms with E-state index in [-0.39, 0.29) is 41.9 Å². The number of ether oxygens (including phenoxy) is 13. The van der Waals surface area contributed by atoms with Gasteiger partial charge in [-0.05, 0) is 106 Å². The summed E-state index contributed by atoms with van der Waals surface area (Å²) >= 11 is 0. The van der Waals surface area contributed by atoms with Crippen LogP contribution in [0.2, 0.25) is 0 Å². The van der Waals surface area contributed by atoms with Crippen molar-refractivity contribution >= 4 is 0 Å². The summed E-state index contributed by atoms with van der Waals surface area (Å²) in [6, 6.07) is 0. The quantitative estimate of drug-likeness (QED) is 0.0358. The van der Waals surface area contributed by atoms with Gasteiger partial charge in [-0.2, -0.15) is 0 Å². The fourth-order valence-corrected chi connectivity index (χ4v) is 20.3. The molecule has 0 radical (unpaired) electrons. The van der Waals surface area contributed by atoms with Crippen molar-refractivity contribution in [1.29, 1.82) is 0 Å². The number of rotatable bonds is 26. The van der Waals surface area contributed by atoms with Crippen molar-refractivity contribution in [2.45, 2.75) is 346 Å². The van der Waals surface area contributed by atoms with Gasteiger partial charge < -0.3 is 189 Å². The molecule has 5 aliphatic carbocycles. The maximum atomic E-state index is 13.0. The van der Waals surface area contributed by atoms with Crippen molar-refractivity contribution in [1.82, 2.24) is 0 Å². The van der Waals surface area contributed by atoms with Gasteiger partial charge in [0, 0.05) is 23.4 Å². The highest BCUT2D eigenvalue weighted by Gasteiger charge is 2.71. The van der Waals surface area contributed by atoms with Crippen LogP contribution in [0.5, 0.6) is 0 Å². The largest absolute Gasteiger partial charge is 0.396 e. The summed E-state index contributed by atoms with van der Waals surface area (Å²) in [6.45, 7) is 10.4. The molecule has 0 bridgehead atoms. The molecule has 45 atom stereocenters. The van der Waals surface area contributed by atoms with Crippen LogP contribution in [-0.2, 0) is 61.6 Å². The van der Waals surface area contributed by atoms with Crippen molar-refractivity contribution in [3.63, 3.8) is 0 Å². The number of fused-ring (bicyclic) bond motifs is 5. The molecule has 11 aliphatic rings. The average Bonchev–Trinajstić information content (AvgIpc) is 1.64. The highest BCUT2D eigenvalue weighted by atomic mass is 16.8. The zero-order chi connectivity index (χ0) is 81.5. The minimum Gasteiger partial charge on any atom is -0.396 e. The van der Waals surface area contributed by atoms with E-state index in [1.54, 1.807) is 0 Å². The van der Waals surface area contributed by atoms with Crippen LogP contribution in [0, 0.1) is 51.2 Å². The number of aliphatic hydroxyl groups is 25. The van der Waals surface area contributed by atoms with Crippen LogP contribution < -0.4 is 0 Å². The molecule has 6 saturated heterocycles. The van der Waals surface area contributed by atoms with E-state index in [1.807, 2.05) is 13.8 Å². The Morgan fingerprint density at radius 2 is 0.874 bits per heavy atom. The number of allylic oxidation sites excluding steroid dienone is 1. The lowest BCUT2D eigenvalue weighted by Crippen LogP contribution is -2.67. The maximum Gasteiger partial charge on any atom is 0.187 e. The van der Waals surface area contributed by atoms with E-state index in [0.29, 0.717) is 32.1 Å². The maximum absolute atomic E-state index is 13.0. The number of hydrogen-bond donors (Lipinski definition) is 25. The lowest BCUT2D eigenvalue weighted by atomic mass is 9.38. The van der Waals surface area contributed by atoms with Crippen LogP contribution >= 0.6 is 0 Å². The molecule has 11 rings (SSSR count). The Morgan fingerprint density at radius 3 is 1.36 bits per heavy atom. The van der Waals surface area contributed by atoms with Gasteiger partial charge in [-0.1, -0.05) is 53.2 Å². The minimum atomic E-state index is -2.14. The summed E-state index contributed by atoms with van der Waals surface area (Å²) in [4.78, 5) is 0. The molecular formula is C73H124O38. The first-order valence-electron chi connectivity index (χ1n) is 38.9. The minimum absolute atomic E-state index is 0.0390. The van der Waals surface area contributed by atoms with Gasteiger partial charge in [0.05, 0.1) is 75.8 Å². The van der Waals surface area contributed by atoms with E-state index >= 15 is 0 Å². The third-order valence-electron chi connectivity index (χ3n) is 27.6. The van der Waals surface area contributed by atoms with Crippen molar-refractivity contribution in [2.75, 3.05) is 46.2 Å². The van der Waals surface area contributed by atoms with Gasteiger partial charge in [-0.25, -0.2) is 0 Å². The Morgan fingerprint density at radius 1 is 0.441 bits per heavy atom. The first kappa shape index (κ1) is 90.0. The van der Waals surface area contributed by atoms with Crippen molar-refractivity contribution in [3.05, 3.63) is 11.6 Å². The van der Waals surface area contributed by atoms with E-state index < -0.39 is 301 Å². The second-order valence-corrected chi connectivity index (χ2v) is 34.9. The van der Waals surface area contributed by atoms with E-state index in [1.165, 1.54) is 13.8 Å². The van der Waals surface area contributed by atoms with E-state index in [0.717, 1.165) is 18.4 Å². The Hall–Kier alpha value is -1.78. The molecule has 6 heterocycles. The Labute approximate surface area is 642 Å². The van der Waals surface area contributed by atoms with Crippen LogP contribution in [0.15, 0.2) is 11.6 Å². The SMILES string of the molecule is C[C@H](CC[C@@H](O[C@@H]1O[C@H](CO[C@@H]2O[C@H](CO[C@H]3O[C@H](CO)[C@@H](O)[C@H](O)[C@H]3O)[C@@H](O)[C@H](O)[C@H]2O)[C@@H](O[C@H]2C[C@H](CO)[C@@H](O)[C@H](O)[C@H]2O)[C@H](O)[C@H]1O[C@@H]1O[C@H](CO)[C@@H](O)[C@H](O)[C@H]1O)C(C)(C)O)C1CC[C@@]2(C)C3CC=C4C(CC[C@H](O[C@@H]5O[C@H](CO[C@H]6O[C@H](CO)[C@@H](O)[C@H](O)[C@H]6O)[C@@H](O)[C@H](O)[C@H]5O)C4(C)C)[C@]3(C)[C@H](O)C[C@]12C. The third-order valence-corrected chi connectivity index (χ3v) is 27.6. The van der Waals surface area contributed by atoms with Gasteiger partial charge in [0.1, 0.15) is 159 Å². The number of aliphatic hydroxyl groups excluding tert-OH is 24. The molecule has 0 aromatic heterocycles. The highest BCUT2D eigenvalue weighted by molar-refractivity contribution is 5.32. The molecule has 0 aromatic carbocycles. The van der Waals surface area contributed by atoms with Crippen LogP contribution in [0.25, 0.3) is 0 Å². The topological polar surface area (TPSA) is 626 Å². The van der Waals surface area contributed by atoms with Crippen LogP contribution in [-0.4, -0.2) is 406 Å². The monoisotopic (exact) mass is 1610 g/mol. The summed E-state index contributed by atoms with van der Waals surface area (Å²) in [5, 5.41) is 275. The van der Waals surface area contributed by atoms with Gasteiger partial charge in [-0.15, -0.1) is 0 Å². The molecule has 10 fully saturated rings. The Balaban J connectivity index is 0.816. The molecule has 111 heavy (non-hydrogen) atoms. The van der Waals surface area contributed by atoms with Gasteiger partial charge in [0.2, 0.25) is 0 Å². The average molecular weight is 1610 g/mol. The Bertz CT molecular complexity index is 3010. The molecular weight excluding hydrogens is 1480 g/mol. The van der Waals surface area contributed by atoms with Crippen molar-refractivity contribution in [3.8, 4) is 0 Å². The van der Waals surface area contributed by atoms with Gasteiger partial charge in [0.15, 0.2) is 37.7 Å². The zero-order valence-corrected chi connectivity index (χ0v) is 63.6. The first-order chi connectivity index (χ1) is 52.0. The molecule has 4 saturated carbocycles. The standard InChI is InChI=1S/C73H124O38/c1-26(28-15-16-71(6)38-12-10-29-30(73(38,8)39(78)18-72(28,71)7)11-14-40(69(29,2)3)109-66-58(95)54(91)48(85)36(107-66)24-100-64-56(93)51(88)45(82)33(21-76)104-64)9-13-41(70(4,5)98)110-68-62(111-67-59(96)52(89)46(83)34(22-77)105-67)60(97)61(102-31-17-27(19-74)42(79)49(86)43(31)80)37(108-68)25-101-65-57(94)53(90)47(84)35(106-65)23-99-63-55(92)50(87)44(81)32(20-75)103-63/h10,26-28,30-68,74-98H,9,11-25H2,1-8H3/t26-,27-,28?,30?,31+,32-,33-,34-,35-,36-,37-,38?,39-,40+,41-,42-,43+,44-,45-,46-,47-,48-,49+,50+,51+,52+,53+,54+,55-,56-,57-,58-,59-,60+,61-,62-,63+,64+,65-,66+,67+,68+,71+,72-,73+/m1/s1. The molecule has 38 heteroatoms. The Kier molecular flexibility index (Phi) is 28.8. The molecule has 644 valence electrons. The van der Waals surface area contributed by atoms with Crippen LogP contribution in [0.1, 0.15) is 113 Å². The fourth-order valence-electron chi connectivity index (χ4n) is 20.3. The van der Waals surface area contributed by atoms with E-state index in [4.69, 9.17) is 61.6 Å². The van der Waals surface area contributed by atoms with E-state index in [2.05, 4.69) is 33.8 Å². The smallest absolute Gasteiger partial charge is 0.187 e. The molecule has 0 spiro atoms. The summed E-state index contributed by atoms with van der Waals surface area (Å²) in [6.07, 6.45) is -57.7. The zero-order valence-electron chi connectivity index (χ0n) is 63.6. The molecule has 38 nitrogen and oxygen atoms in total. The lowest BCUT2D eigenvalue weighted by Gasteiger charge is -2.67. The summed E-state index contributed by atoms with van der Waals surface area (Å²) in [5.41, 5.74) is -3.02. The van der Waals surface area contributed by atoms with Crippen LogP contribution in [0.4, 0.5) is 0 Å². The van der Waals surface area contributed by atoms with E-state index in [9.17, 15) is 128 Å². The van der Waals surface area contributed by atoms with Gasteiger partial charge >= 0.3 is 0 Å². The lowest BCUT2D eigenvalue weighted by molar-refractivity contribution is -0.387. The summed E-state index contributed by atoms with van der Waals surface area (Å²) < 4.78 is 78.8. The molecule has 0 amide bonds. The number of hydrogen-bond acceptors (Lipinski definition) is 38.